The lowest BCUT2D eigenvalue weighted by Gasteiger charge is -2.20. The van der Waals surface area contributed by atoms with Gasteiger partial charge in [0, 0.05) is 22.6 Å². The van der Waals surface area contributed by atoms with Crippen LogP contribution in [-0.2, 0) is 15.8 Å². The zero-order valence-corrected chi connectivity index (χ0v) is 18.2. The summed E-state index contributed by atoms with van der Waals surface area (Å²) < 4.78 is 30.8. The highest BCUT2D eigenvalue weighted by Gasteiger charge is 2.19. The number of fused-ring (bicyclic) bond motifs is 1. The molecule has 30 heavy (non-hydrogen) atoms. The number of hydrazone groups is 1. The molecule has 3 aromatic rings. The Balaban J connectivity index is 1.50. The largest absolute Gasteiger partial charge is 0.492 e. The van der Waals surface area contributed by atoms with E-state index in [1.165, 1.54) is 5.56 Å². The normalized spacial score (nSPS) is 14.8. The van der Waals surface area contributed by atoms with E-state index in [9.17, 15) is 8.42 Å². The topological polar surface area (TPSA) is 67.8 Å². The van der Waals surface area contributed by atoms with Crippen molar-refractivity contribution in [3.8, 4) is 5.75 Å². The molecule has 5 nitrogen and oxygen atoms in total. The standard InChI is InChI=1S/C23H22N2O3S2/c1-17-7-10-20(11-8-17)30(26,27)25-24-22-13-14-28-23-15-19(9-12-21(22)23)29-16-18-5-3-2-4-6-18/h2-12,15,25H,13-14,16H2,1H3. The van der Waals surface area contributed by atoms with Gasteiger partial charge in [0.15, 0.2) is 0 Å². The number of hydrogen-bond acceptors (Lipinski definition) is 5. The molecule has 0 radical (unpaired) electrons. The van der Waals surface area contributed by atoms with Crippen molar-refractivity contribution in [1.82, 2.24) is 4.83 Å². The summed E-state index contributed by atoms with van der Waals surface area (Å²) in [6, 6.07) is 22.9. The van der Waals surface area contributed by atoms with Gasteiger partial charge in [-0.3, -0.25) is 0 Å². The summed E-state index contributed by atoms with van der Waals surface area (Å²) >= 11 is 1.73. The van der Waals surface area contributed by atoms with Crippen molar-refractivity contribution in [1.29, 1.82) is 0 Å². The number of benzene rings is 3. The van der Waals surface area contributed by atoms with E-state index in [-0.39, 0.29) is 4.90 Å². The molecule has 1 N–H and O–H groups in total. The third kappa shape index (κ3) is 4.86. The molecule has 0 saturated carbocycles. The SMILES string of the molecule is Cc1ccc(S(=O)(=O)NN=C2CCOc3cc(SCc4ccccc4)ccc32)cc1. The molecule has 4 rings (SSSR count). The second-order valence-corrected chi connectivity index (χ2v) is 9.71. The summed E-state index contributed by atoms with van der Waals surface area (Å²) in [5, 5.41) is 4.21. The number of nitrogens with zero attached hydrogens (tertiary/aromatic N) is 1. The maximum Gasteiger partial charge on any atom is 0.276 e. The van der Waals surface area contributed by atoms with Crippen LogP contribution >= 0.6 is 11.8 Å². The second-order valence-electron chi connectivity index (χ2n) is 7.00. The molecule has 0 amide bonds. The van der Waals surface area contributed by atoms with Crippen molar-refractivity contribution in [2.45, 2.75) is 28.9 Å². The summed E-state index contributed by atoms with van der Waals surface area (Å²) in [7, 11) is -3.71. The summed E-state index contributed by atoms with van der Waals surface area (Å²) in [6.07, 6.45) is 0.542. The molecule has 1 heterocycles. The van der Waals surface area contributed by atoms with Gasteiger partial charge in [0.1, 0.15) is 5.75 Å². The van der Waals surface area contributed by atoms with Gasteiger partial charge in [-0.2, -0.15) is 18.4 Å². The molecule has 0 aromatic heterocycles. The minimum Gasteiger partial charge on any atom is -0.492 e. The van der Waals surface area contributed by atoms with Crippen LogP contribution in [0.25, 0.3) is 0 Å². The minimum atomic E-state index is -3.71. The van der Waals surface area contributed by atoms with Crippen LogP contribution in [-0.4, -0.2) is 20.7 Å². The van der Waals surface area contributed by atoms with Crippen molar-refractivity contribution < 1.29 is 13.2 Å². The molecule has 0 atom stereocenters. The number of aryl methyl sites for hydroxylation is 1. The lowest BCUT2D eigenvalue weighted by molar-refractivity contribution is 0.319. The quantitative estimate of drug-likeness (QED) is 0.445. The Morgan fingerprint density at radius 2 is 1.80 bits per heavy atom. The van der Waals surface area contributed by atoms with Gasteiger partial charge < -0.3 is 4.74 Å². The van der Waals surface area contributed by atoms with Gasteiger partial charge in [-0.25, -0.2) is 0 Å². The van der Waals surface area contributed by atoms with Crippen molar-refractivity contribution in [2.75, 3.05) is 6.61 Å². The summed E-state index contributed by atoms with van der Waals surface area (Å²) in [5.74, 6) is 1.60. The van der Waals surface area contributed by atoms with Crippen molar-refractivity contribution in [3.63, 3.8) is 0 Å². The van der Waals surface area contributed by atoms with Crippen LogP contribution in [0.3, 0.4) is 0 Å². The molecule has 0 fully saturated rings. The number of hydrogen-bond donors (Lipinski definition) is 1. The lowest BCUT2D eigenvalue weighted by atomic mass is 10.0. The molecular weight excluding hydrogens is 416 g/mol. The van der Waals surface area contributed by atoms with Crippen LogP contribution in [0, 0.1) is 6.92 Å². The van der Waals surface area contributed by atoms with Gasteiger partial charge in [0.2, 0.25) is 0 Å². The fraction of sp³-hybridized carbons (Fsp3) is 0.174. The van der Waals surface area contributed by atoms with Crippen molar-refractivity contribution in [3.05, 3.63) is 89.5 Å². The minimum absolute atomic E-state index is 0.192. The predicted octanol–water partition coefficient (Wildman–Crippen LogP) is 4.75. The number of nitrogens with one attached hydrogen (secondary N) is 1. The third-order valence-electron chi connectivity index (χ3n) is 4.74. The summed E-state index contributed by atoms with van der Waals surface area (Å²) in [4.78, 5) is 3.65. The molecule has 0 unspecified atom stereocenters. The van der Waals surface area contributed by atoms with Crippen LogP contribution in [0.4, 0.5) is 0 Å². The van der Waals surface area contributed by atoms with E-state index >= 15 is 0 Å². The molecule has 0 aliphatic carbocycles. The Bertz CT molecular complexity index is 1160. The summed E-state index contributed by atoms with van der Waals surface area (Å²) in [5.41, 5.74) is 3.75. The van der Waals surface area contributed by atoms with Crippen LogP contribution in [0.1, 0.15) is 23.1 Å². The van der Waals surface area contributed by atoms with Crippen molar-refractivity contribution in [2.24, 2.45) is 5.10 Å². The molecule has 0 bridgehead atoms. The highest BCUT2D eigenvalue weighted by atomic mass is 32.2. The molecule has 0 spiro atoms. The predicted molar refractivity (Wildman–Crippen MR) is 121 cm³/mol. The van der Waals surface area contributed by atoms with Crippen LogP contribution < -0.4 is 9.57 Å². The molecule has 3 aromatic carbocycles. The molecule has 0 saturated heterocycles. The first-order valence-electron chi connectivity index (χ1n) is 9.60. The third-order valence-corrected chi connectivity index (χ3v) is 7.03. The van der Waals surface area contributed by atoms with Crippen LogP contribution in [0.15, 0.2) is 87.7 Å². The molecule has 1 aliphatic rings. The van der Waals surface area contributed by atoms with Crippen LogP contribution in [0.2, 0.25) is 0 Å². The average Bonchev–Trinajstić information content (AvgIpc) is 2.77. The Hall–Kier alpha value is -2.77. The van der Waals surface area contributed by atoms with Gasteiger partial charge in [-0.15, -0.1) is 11.8 Å². The zero-order valence-electron chi connectivity index (χ0n) is 16.5. The van der Waals surface area contributed by atoms with Gasteiger partial charge in [0.25, 0.3) is 10.0 Å². The Morgan fingerprint density at radius 1 is 1.03 bits per heavy atom. The van der Waals surface area contributed by atoms with Gasteiger partial charge in [-0.05, 0) is 42.8 Å². The second kappa shape index (κ2) is 8.93. The van der Waals surface area contributed by atoms with E-state index in [1.807, 2.05) is 43.3 Å². The monoisotopic (exact) mass is 438 g/mol. The first-order chi connectivity index (χ1) is 14.5. The van der Waals surface area contributed by atoms with E-state index in [2.05, 4.69) is 22.1 Å². The van der Waals surface area contributed by atoms with Gasteiger partial charge in [-0.1, -0.05) is 48.0 Å². The first kappa shape index (κ1) is 20.5. The smallest absolute Gasteiger partial charge is 0.276 e. The first-order valence-corrected chi connectivity index (χ1v) is 12.1. The Labute approximate surface area is 181 Å². The van der Waals surface area contributed by atoms with E-state index in [0.717, 1.165) is 27.5 Å². The highest BCUT2D eigenvalue weighted by molar-refractivity contribution is 7.98. The summed E-state index contributed by atoms with van der Waals surface area (Å²) in [6.45, 7) is 2.38. The Morgan fingerprint density at radius 3 is 2.57 bits per heavy atom. The van der Waals surface area contributed by atoms with Crippen molar-refractivity contribution >= 4 is 27.5 Å². The molecule has 154 valence electrons. The highest BCUT2D eigenvalue weighted by Crippen LogP contribution is 2.32. The Kier molecular flexibility index (Phi) is 6.11. The van der Waals surface area contributed by atoms with Gasteiger partial charge >= 0.3 is 0 Å². The maximum absolute atomic E-state index is 12.5. The van der Waals surface area contributed by atoms with Crippen LogP contribution in [0.5, 0.6) is 5.75 Å². The van der Waals surface area contributed by atoms with E-state index < -0.39 is 10.0 Å². The molecule has 7 heteroatoms. The van der Waals surface area contributed by atoms with E-state index in [0.29, 0.717) is 18.7 Å². The number of ether oxygens (including phenoxy) is 1. The number of thioether (sulfide) groups is 1. The average molecular weight is 439 g/mol. The zero-order chi connectivity index (χ0) is 21.0. The lowest BCUT2D eigenvalue weighted by Crippen LogP contribution is -2.23. The molecule has 1 aliphatic heterocycles. The van der Waals surface area contributed by atoms with E-state index in [4.69, 9.17) is 4.74 Å². The molecular formula is C23H22N2O3S2. The van der Waals surface area contributed by atoms with Gasteiger partial charge in [0.05, 0.1) is 17.2 Å². The number of rotatable bonds is 6. The number of sulfonamides is 1. The maximum atomic E-state index is 12.5. The fourth-order valence-electron chi connectivity index (χ4n) is 3.08. The fourth-order valence-corrected chi connectivity index (χ4v) is 4.80. The van der Waals surface area contributed by atoms with E-state index in [1.54, 1.807) is 36.0 Å².